The summed E-state index contributed by atoms with van der Waals surface area (Å²) in [7, 11) is 0. The number of ketones is 1. The van der Waals surface area contributed by atoms with Crippen LogP contribution in [0.5, 0.6) is 23.0 Å². The molecule has 5 rings (SSSR count). The van der Waals surface area contributed by atoms with Gasteiger partial charge in [-0.05, 0) is 24.6 Å². The molecule has 47 heavy (non-hydrogen) atoms. The Labute approximate surface area is 266 Å². The van der Waals surface area contributed by atoms with Crippen molar-refractivity contribution < 1.29 is 83.7 Å². The number of hydrogen-bond donors (Lipinski definition) is 8. The van der Waals surface area contributed by atoms with E-state index in [1.807, 2.05) is 0 Å². The number of Topliss-reactive ketones (excluding diaryl/α,β-unsaturated/α-hetero) is 1. The number of aromatic hydroxyl groups is 2. The van der Waals surface area contributed by atoms with Crippen molar-refractivity contribution in [2.75, 3.05) is 6.61 Å². The molecule has 0 spiro atoms. The lowest BCUT2D eigenvalue weighted by molar-refractivity contribution is -0.354. The first kappa shape index (κ1) is 34.3. The molecule has 256 valence electrons. The number of aliphatic carboxylic acids is 1. The van der Waals surface area contributed by atoms with Crippen LogP contribution in [0.4, 0.5) is 0 Å². The van der Waals surface area contributed by atoms with Crippen molar-refractivity contribution >= 4 is 17.7 Å². The van der Waals surface area contributed by atoms with E-state index in [9.17, 15) is 50.1 Å². The Morgan fingerprint density at radius 3 is 2.28 bits per heavy atom. The summed E-state index contributed by atoms with van der Waals surface area (Å²) >= 11 is 0. The van der Waals surface area contributed by atoms with Gasteiger partial charge in [-0.2, -0.15) is 0 Å². The van der Waals surface area contributed by atoms with Crippen LogP contribution in [0.2, 0.25) is 0 Å². The number of carbonyl (C=O) groups is 3. The highest BCUT2D eigenvalue weighted by molar-refractivity contribution is 6.02. The molecule has 0 aliphatic carbocycles. The molecule has 8 N–H and O–H groups in total. The molecule has 0 bridgehead atoms. The van der Waals surface area contributed by atoms with Crippen molar-refractivity contribution in [1.82, 2.24) is 0 Å². The Morgan fingerprint density at radius 1 is 0.894 bits per heavy atom. The molecule has 2 aromatic rings. The van der Waals surface area contributed by atoms with Crippen molar-refractivity contribution in [1.29, 1.82) is 0 Å². The molecular formula is C30H34O17. The monoisotopic (exact) mass is 666 g/mol. The van der Waals surface area contributed by atoms with E-state index in [-0.39, 0.29) is 29.2 Å². The smallest absolute Gasteiger partial charge is 0.317 e. The third-order valence-corrected chi connectivity index (χ3v) is 7.94. The fraction of sp³-hybridized carbons (Fsp3) is 0.500. The zero-order chi connectivity index (χ0) is 34.2. The minimum absolute atomic E-state index is 0.00224. The number of fused-ring (bicyclic) bond motifs is 1. The van der Waals surface area contributed by atoms with E-state index in [0.29, 0.717) is 5.56 Å². The number of aliphatic hydroxyl groups is 5. The van der Waals surface area contributed by atoms with Crippen LogP contribution in [0.1, 0.15) is 41.8 Å². The molecule has 2 fully saturated rings. The second-order valence-electron chi connectivity index (χ2n) is 11.3. The summed E-state index contributed by atoms with van der Waals surface area (Å²) in [5.74, 6) is -3.90. The number of phenolic OH excluding ortho intramolecular Hbond substituents is 2. The Hall–Kier alpha value is -4.07. The molecule has 17 nitrogen and oxygen atoms in total. The molecule has 3 aliphatic heterocycles. The average Bonchev–Trinajstić information content (AvgIpc) is 3.01. The molecule has 3 heterocycles. The molecule has 0 amide bonds. The second-order valence-corrected chi connectivity index (χ2v) is 11.3. The van der Waals surface area contributed by atoms with E-state index < -0.39 is 104 Å². The molecule has 2 saturated heterocycles. The fourth-order valence-electron chi connectivity index (χ4n) is 5.40. The van der Waals surface area contributed by atoms with Gasteiger partial charge in [0.25, 0.3) is 0 Å². The van der Waals surface area contributed by atoms with Gasteiger partial charge in [0, 0.05) is 12.1 Å². The van der Waals surface area contributed by atoms with Crippen molar-refractivity contribution in [3.05, 3.63) is 47.5 Å². The van der Waals surface area contributed by atoms with Crippen LogP contribution in [-0.4, -0.2) is 127 Å². The third-order valence-electron chi connectivity index (χ3n) is 7.94. The maximum absolute atomic E-state index is 13.0. The van der Waals surface area contributed by atoms with Gasteiger partial charge in [-0.25, -0.2) is 0 Å². The van der Waals surface area contributed by atoms with E-state index in [4.69, 9.17) is 33.5 Å². The van der Waals surface area contributed by atoms with Crippen molar-refractivity contribution in [3.63, 3.8) is 0 Å². The highest BCUT2D eigenvalue weighted by atomic mass is 16.8. The van der Waals surface area contributed by atoms with Crippen LogP contribution in [0.25, 0.3) is 0 Å². The average molecular weight is 667 g/mol. The number of carbonyl (C=O) groups excluding carboxylic acids is 2. The zero-order valence-electron chi connectivity index (χ0n) is 24.7. The van der Waals surface area contributed by atoms with E-state index >= 15 is 0 Å². The molecule has 11 atom stereocenters. The topological polar surface area (TPSA) is 268 Å². The molecule has 0 radical (unpaired) electrons. The Kier molecular flexibility index (Phi) is 10.2. The summed E-state index contributed by atoms with van der Waals surface area (Å²) in [6.45, 7) is 0.652. The quantitative estimate of drug-likeness (QED) is 0.116. The van der Waals surface area contributed by atoms with E-state index in [2.05, 4.69) is 0 Å². The summed E-state index contributed by atoms with van der Waals surface area (Å²) in [6, 6.07) is 8.25. The van der Waals surface area contributed by atoms with Gasteiger partial charge in [0.2, 0.25) is 6.29 Å². The number of hydrogen-bond acceptors (Lipinski definition) is 16. The number of carboxylic acid groups (broad SMARTS) is 1. The number of rotatable bonds is 9. The minimum Gasteiger partial charge on any atom is -0.508 e. The van der Waals surface area contributed by atoms with Gasteiger partial charge in [-0.15, -0.1) is 0 Å². The van der Waals surface area contributed by atoms with Crippen LogP contribution < -0.4 is 9.47 Å². The lowest BCUT2D eigenvalue weighted by Crippen LogP contribution is -2.64. The normalized spacial score (nSPS) is 33.7. The summed E-state index contributed by atoms with van der Waals surface area (Å²) in [5, 5.41) is 81.8. The Morgan fingerprint density at radius 2 is 1.60 bits per heavy atom. The molecule has 0 saturated carbocycles. The molecule has 3 aliphatic rings. The lowest BCUT2D eigenvalue weighted by Gasteiger charge is -2.45. The van der Waals surface area contributed by atoms with Gasteiger partial charge in [-0.3, -0.25) is 14.4 Å². The molecular weight excluding hydrogens is 632 g/mol. The number of ether oxygens (including phenoxy) is 6. The fourth-order valence-corrected chi connectivity index (χ4v) is 5.40. The number of esters is 1. The van der Waals surface area contributed by atoms with E-state index in [0.717, 1.165) is 6.07 Å². The van der Waals surface area contributed by atoms with Crippen LogP contribution in [-0.2, 0) is 28.5 Å². The standard InChI is InChI=1S/C30H34O17/c1-11-23(37)25(39)27(41)29(43-11)47-28-26(40)24(38)19(10-42-21(36)9-20(34)35)46-30(28)44-14-6-15(32)22-16(33)8-17(45-18(22)7-14)12-2-4-13(31)5-3-12/h2-7,11,17,19,23-32,37-41H,8-10H2,1H3,(H,34,35). The largest absolute Gasteiger partial charge is 0.508 e. The predicted molar refractivity (Wildman–Crippen MR) is 150 cm³/mol. The highest BCUT2D eigenvalue weighted by Crippen LogP contribution is 2.43. The van der Waals surface area contributed by atoms with Crippen LogP contribution in [0, 0.1) is 0 Å². The first-order valence-corrected chi connectivity index (χ1v) is 14.5. The van der Waals surface area contributed by atoms with Crippen LogP contribution >= 0.6 is 0 Å². The molecule has 2 aromatic carbocycles. The Bertz CT molecular complexity index is 1460. The van der Waals surface area contributed by atoms with Crippen molar-refractivity contribution in [3.8, 4) is 23.0 Å². The number of benzene rings is 2. The maximum Gasteiger partial charge on any atom is 0.317 e. The second kappa shape index (κ2) is 14.0. The Balaban J connectivity index is 1.42. The van der Waals surface area contributed by atoms with Crippen LogP contribution in [0.3, 0.4) is 0 Å². The van der Waals surface area contributed by atoms with Gasteiger partial charge >= 0.3 is 11.9 Å². The number of phenols is 2. The van der Waals surface area contributed by atoms with E-state index in [1.165, 1.54) is 25.1 Å². The molecule has 11 unspecified atom stereocenters. The summed E-state index contributed by atoms with van der Waals surface area (Å²) in [6.07, 6.45) is -18.4. The first-order valence-electron chi connectivity index (χ1n) is 14.5. The van der Waals surface area contributed by atoms with Gasteiger partial charge in [0.15, 0.2) is 18.2 Å². The summed E-state index contributed by atoms with van der Waals surface area (Å²) in [5.41, 5.74) is 0.422. The van der Waals surface area contributed by atoms with Gasteiger partial charge < -0.3 is 69.3 Å². The van der Waals surface area contributed by atoms with Gasteiger partial charge in [-0.1, -0.05) is 12.1 Å². The van der Waals surface area contributed by atoms with E-state index in [1.54, 1.807) is 12.1 Å². The van der Waals surface area contributed by atoms with Gasteiger partial charge in [0.05, 0.1) is 12.5 Å². The van der Waals surface area contributed by atoms with Gasteiger partial charge in [0.1, 0.15) is 84.3 Å². The predicted octanol–water partition coefficient (Wildman–Crippen LogP) is -1.14. The summed E-state index contributed by atoms with van der Waals surface area (Å²) in [4.78, 5) is 35.6. The number of aliphatic hydroxyl groups excluding tert-OH is 5. The molecule has 0 aromatic heterocycles. The van der Waals surface area contributed by atoms with Crippen LogP contribution in [0.15, 0.2) is 36.4 Å². The zero-order valence-corrected chi connectivity index (χ0v) is 24.7. The van der Waals surface area contributed by atoms with Crippen molar-refractivity contribution in [2.45, 2.75) is 87.3 Å². The number of carboxylic acids is 1. The maximum atomic E-state index is 13.0. The molecule has 17 heteroatoms. The SMILES string of the molecule is CC1OC(OC2C(Oc3cc(O)c4c(c3)OC(c3ccc(O)cc3)CC4=O)OC(COC(=O)CC(=O)O)C(O)C2O)C(O)C(O)C1O. The highest BCUT2D eigenvalue weighted by Gasteiger charge is 2.51. The minimum atomic E-state index is -1.91. The first-order chi connectivity index (χ1) is 22.2. The lowest BCUT2D eigenvalue weighted by atomic mass is 9.95. The summed E-state index contributed by atoms with van der Waals surface area (Å²) < 4.78 is 33.7. The third kappa shape index (κ3) is 7.42. The van der Waals surface area contributed by atoms with Crippen molar-refractivity contribution in [2.24, 2.45) is 0 Å².